The molecule has 0 aromatic carbocycles. The lowest BCUT2D eigenvalue weighted by molar-refractivity contribution is -0.121. The van der Waals surface area contributed by atoms with Crippen LogP contribution < -0.4 is 0 Å². The van der Waals surface area contributed by atoms with Crippen molar-refractivity contribution in [1.82, 2.24) is 4.98 Å². The largest absolute Gasteiger partial charge is 0.465 e. The van der Waals surface area contributed by atoms with Gasteiger partial charge in [-0.2, -0.15) is 0 Å². The van der Waals surface area contributed by atoms with Gasteiger partial charge in [0.1, 0.15) is 5.78 Å². The first kappa shape index (κ1) is 11.8. The van der Waals surface area contributed by atoms with E-state index < -0.39 is 5.97 Å². The minimum atomic E-state index is -0.392. The number of ether oxygens (including phenoxy) is 1. The molecule has 1 aromatic heterocycles. The molecule has 0 saturated heterocycles. The van der Waals surface area contributed by atoms with Crippen molar-refractivity contribution >= 4 is 11.8 Å². The summed E-state index contributed by atoms with van der Waals surface area (Å²) < 4.78 is 4.65. The zero-order chi connectivity index (χ0) is 12.3. The van der Waals surface area contributed by atoms with E-state index in [1.807, 2.05) is 0 Å². The van der Waals surface area contributed by atoms with Gasteiger partial charge in [-0.25, -0.2) is 4.79 Å². The third kappa shape index (κ3) is 2.52. The van der Waals surface area contributed by atoms with Crippen LogP contribution in [-0.2, 0) is 9.53 Å². The molecule has 1 aliphatic carbocycles. The lowest BCUT2D eigenvalue weighted by Gasteiger charge is -2.19. The number of carbonyl (C=O) groups excluding carboxylic acids is 2. The smallest absolute Gasteiger partial charge is 0.337 e. The molecule has 0 aliphatic heterocycles. The molecule has 1 unspecified atom stereocenters. The van der Waals surface area contributed by atoms with Gasteiger partial charge in [-0.1, -0.05) is 6.42 Å². The van der Waals surface area contributed by atoms with Crippen LogP contribution in [0.3, 0.4) is 0 Å². The summed E-state index contributed by atoms with van der Waals surface area (Å²) >= 11 is 0. The van der Waals surface area contributed by atoms with E-state index in [-0.39, 0.29) is 11.7 Å². The number of hydrogen-bond donors (Lipinski definition) is 0. The Morgan fingerprint density at radius 2 is 2.29 bits per heavy atom. The van der Waals surface area contributed by atoms with E-state index in [4.69, 9.17) is 0 Å². The number of methoxy groups -OCH3 is 1. The Morgan fingerprint density at radius 3 is 3.00 bits per heavy atom. The topological polar surface area (TPSA) is 56.3 Å². The van der Waals surface area contributed by atoms with E-state index in [2.05, 4.69) is 9.72 Å². The van der Waals surface area contributed by atoms with Gasteiger partial charge in [0.05, 0.1) is 24.3 Å². The minimum Gasteiger partial charge on any atom is -0.465 e. The molecule has 1 fully saturated rings. The predicted molar refractivity (Wildman–Crippen MR) is 61.8 cm³/mol. The van der Waals surface area contributed by atoms with E-state index >= 15 is 0 Å². The second-order valence-electron chi connectivity index (χ2n) is 4.23. The van der Waals surface area contributed by atoms with Gasteiger partial charge in [-0.15, -0.1) is 0 Å². The summed E-state index contributed by atoms with van der Waals surface area (Å²) in [5, 5.41) is 0. The van der Waals surface area contributed by atoms with Gasteiger partial charge in [0.25, 0.3) is 0 Å². The molecule has 0 spiro atoms. The number of nitrogens with zero attached hydrogens (tertiary/aromatic N) is 1. The van der Waals surface area contributed by atoms with E-state index in [1.54, 1.807) is 18.3 Å². The molecule has 0 radical (unpaired) electrons. The summed E-state index contributed by atoms with van der Waals surface area (Å²) in [5.74, 6) is -0.309. The molecule has 1 aromatic rings. The van der Waals surface area contributed by atoms with Crippen LogP contribution >= 0.6 is 0 Å². The van der Waals surface area contributed by atoms with E-state index in [9.17, 15) is 9.59 Å². The zero-order valence-electron chi connectivity index (χ0n) is 9.81. The highest BCUT2D eigenvalue weighted by atomic mass is 16.5. The van der Waals surface area contributed by atoms with Gasteiger partial charge in [-0.05, 0) is 25.0 Å². The number of ketones is 1. The van der Waals surface area contributed by atoms with Crippen molar-refractivity contribution in [1.29, 1.82) is 0 Å². The van der Waals surface area contributed by atoms with E-state index in [0.29, 0.717) is 17.7 Å². The highest BCUT2D eigenvalue weighted by Gasteiger charge is 2.25. The number of aromatic nitrogens is 1. The van der Waals surface area contributed by atoms with Crippen LogP contribution in [0.5, 0.6) is 0 Å². The lowest BCUT2D eigenvalue weighted by Crippen LogP contribution is -2.18. The van der Waals surface area contributed by atoms with Crippen LogP contribution in [0.25, 0.3) is 0 Å². The van der Waals surface area contributed by atoms with Gasteiger partial charge >= 0.3 is 5.97 Å². The molecule has 1 atom stereocenters. The highest BCUT2D eigenvalue weighted by Crippen LogP contribution is 2.28. The molecule has 17 heavy (non-hydrogen) atoms. The molecule has 2 rings (SSSR count). The van der Waals surface area contributed by atoms with Crippen LogP contribution in [-0.4, -0.2) is 23.8 Å². The fraction of sp³-hybridized carbons (Fsp3) is 0.462. The molecule has 0 bridgehead atoms. The number of Topliss-reactive ketones (excluding diaryl/α,β-unsaturated/α-hetero) is 1. The van der Waals surface area contributed by atoms with Crippen molar-refractivity contribution in [3.05, 3.63) is 29.6 Å². The van der Waals surface area contributed by atoms with Crippen molar-refractivity contribution in [3.8, 4) is 0 Å². The third-order valence-electron chi connectivity index (χ3n) is 3.11. The maximum Gasteiger partial charge on any atom is 0.337 e. The Hall–Kier alpha value is -1.71. The highest BCUT2D eigenvalue weighted by molar-refractivity contribution is 5.90. The van der Waals surface area contributed by atoms with Crippen LogP contribution in [0.1, 0.15) is 47.7 Å². The molecule has 0 N–H and O–H groups in total. The van der Waals surface area contributed by atoms with Crippen molar-refractivity contribution in [2.45, 2.75) is 31.6 Å². The van der Waals surface area contributed by atoms with E-state index in [0.717, 1.165) is 19.3 Å². The lowest BCUT2D eigenvalue weighted by atomic mass is 9.85. The predicted octanol–water partition coefficient (Wildman–Crippen LogP) is 2.09. The number of esters is 1. The fourth-order valence-corrected chi connectivity index (χ4v) is 2.18. The van der Waals surface area contributed by atoms with Crippen LogP contribution in [0.2, 0.25) is 0 Å². The summed E-state index contributed by atoms with van der Waals surface area (Å²) in [4.78, 5) is 27.4. The van der Waals surface area contributed by atoms with Crippen molar-refractivity contribution in [2.75, 3.05) is 7.11 Å². The Morgan fingerprint density at radius 1 is 1.47 bits per heavy atom. The molecule has 4 nitrogen and oxygen atoms in total. The molecule has 4 heteroatoms. The number of rotatable bonds is 2. The first-order valence-corrected chi connectivity index (χ1v) is 5.79. The van der Waals surface area contributed by atoms with Gasteiger partial charge in [0.15, 0.2) is 0 Å². The first-order valence-electron chi connectivity index (χ1n) is 5.79. The molecule has 1 aliphatic rings. The van der Waals surface area contributed by atoms with Crippen LogP contribution in [0.15, 0.2) is 18.3 Å². The quantitative estimate of drug-likeness (QED) is 0.734. The number of hydrogen-bond acceptors (Lipinski definition) is 4. The van der Waals surface area contributed by atoms with Gasteiger partial charge in [-0.3, -0.25) is 9.78 Å². The molecular formula is C13H15NO3. The minimum absolute atomic E-state index is 0.145. The van der Waals surface area contributed by atoms with Gasteiger partial charge in [0.2, 0.25) is 0 Å². The average Bonchev–Trinajstić information content (AvgIpc) is 2.38. The fourth-order valence-electron chi connectivity index (χ4n) is 2.18. The van der Waals surface area contributed by atoms with Gasteiger partial charge < -0.3 is 4.74 Å². The normalized spacial score (nSPS) is 20.1. The second-order valence-corrected chi connectivity index (χ2v) is 4.23. The first-order chi connectivity index (χ1) is 8.22. The molecular weight excluding hydrogens is 218 g/mol. The summed E-state index contributed by atoms with van der Waals surface area (Å²) in [5.41, 5.74) is 1.15. The summed E-state index contributed by atoms with van der Waals surface area (Å²) in [6.07, 6.45) is 5.02. The van der Waals surface area contributed by atoms with E-state index in [1.165, 1.54) is 7.11 Å². The molecule has 90 valence electrons. The maximum atomic E-state index is 11.8. The van der Waals surface area contributed by atoms with Crippen molar-refractivity contribution < 1.29 is 14.3 Å². The Bertz CT molecular complexity index is 442. The monoisotopic (exact) mass is 233 g/mol. The Kier molecular flexibility index (Phi) is 3.52. The Balaban J connectivity index is 2.26. The Labute approximate surface area is 100 Å². The molecule has 1 saturated carbocycles. The third-order valence-corrected chi connectivity index (χ3v) is 3.11. The maximum absolute atomic E-state index is 11.8. The zero-order valence-corrected chi connectivity index (χ0v) is 9.81. The molecule has 1 heterocycles. The second kappa shape index (κ2) is 5.08. The van der Waals surface area contributed by atoms with Crippen molar-refractivity contribution in [3.63, 3.8) is 0 Å². The summed E-state index contributed by atoms with van der Waals surface area (Å²) in [6, 6.07) is 3.27. The number of pyridine rings is 1. The molecule has 0 amide bonds. The van der Waals surface area contributed by atoms with Crippen molar-refractivity contribution in [2.24, 2.45) is 0 Å². The summed E-state index contributed by atoms with van der Waals surface area (Å²) in [7, 11) is 1.34. The van der Waals surface area contributed by atoms with Crippen LogP contribution in [0.4, 0.5) is 0 Å². The SMILES string of the molecule is COC(=O)c1ccnc(C2CCCCC2=O)c1. The van der Waals surface area contributed by atoms with Gasteiger partial charge in [0, 0.05) is 12.6 Å². The standard InChI is InChI=1S/C13H15NO3/c1-17-13(16)9-6-7-14-11(8-9)10-4-2-3-5-12(10)15/h6-8,10H,2-5H2,1H3. The summed E-state index contributed by atoms with van der Waals surface area (Å²) in [6.45, 7) is 0. The van der Waals surface area contributed by atoms with Crippen LogP contribution in [0, 0.1) is 0 Å². The number of carbonyl (C=O) groups is 2. The average molecular weight is 233 g/mol.